The molecule has 6 nitrogen and oxygen atoms in total. The standard InChI is InChI=1S/C13H14F3N5O/c1-2-10(13(14,15)16)22-12-4-3-8(5-20-12)9-6-19-11(21-17)7-18-9/h3-7,10H,2,17H2,1H3,(H,19,21). The van der Waals surface area contributed by atoms with E-state index in [-0.39, 0.29) is 12.3 Å². The second-order valence-corrected chi connectivity index (χ2v) is 4.37. The number of alkyl halides is 3. The van der Waals surface area contributed by atoms with Gasteiger partial charge in [0.1, 0.15) is 0 Å². The first-order chi connectivity index (χ1) is 10.4. The first-order valence-corrected chi connectivity index (χ1v) is 6.42. The highest BCUT2D eigenvalue weighted by Gasteiger charge is 2.40. The molecule has 0 fully saturated rings. The number of hydrazine groups is 1. The molecule has 0 saturated heterocycles. The van der Waals surface area contributed by atoms with E-state index in [4.69, 9.17) is 10.6 Å². The summed E-state index contributed by atoms with van der Waals surface area (Å²) in [7, 11) is 0. The van der Waals surface area contributed by atoms with E-state index in [1.807, 2.05) is 0 Å². The van der Waals surface area contributed by atoms with Crippen LogP contribution in [0.2, 0.25) is 0 Å². The van der Waals surface area contributed by atoms with Gasteiger partial charge in [-0.15, -0.1) is 0 Å². The Hall–Kier alpha value is -2.42. The number of nitrogen functional groups attached to an aromatic ring is 1. The van der Waals surface area contributed by atoms with Crippen molar-refractivity contribution in [1.82, 2.24) is 15.0 Å². The average Bonchev–Trinajstić information content (AvgIpc) is 2.52. The summed E-state index contributed by atoms with van der Waals surface area (Å²) in [4.78, 5) is 12.0. The fourth-order valence-electron chi connectivity index (χ4n) is 1.68. The van der Waals surface area contributed by atoms with E-state index >= 15 is 0 Å². The Kier molecular flexibility index (Phi) is 4.76. The summed E-state index contributed by atoms with van der Waals surface area (Å²) in [5.41, 5.74) is 3.46. The van der Waals surface area contributed by atoms with Crippen molar-refractivity contribution in [3.8, 4) is 17.1 Å². The Labute approximate surface area is 124 Å². The topological polar surface area (TPSA) is 86.0 Å². The molecule has 0 amide bonds. The van der Waals surface area contributed by atoms with Crippen LogP contribution < -0.4 is 16.0 Å². The normalized spacial score (nSPS) is 12.8. The van der Waals surface area contributed by atoms with Gasteiger partial charge in [0.25, 0.3) is 0 Å². The maximum absolute atomic E-state index is 12.6. The summed E-state index contributed by atoms with van der Waals surface area (Å²) in [5.74, 6) is 5.48. The largest absolute Gasteiger partial charge is 0.465 e. The summed E-state index contributed by atoms with van der Waals surface area (Å²) in [5, 5.41) is 0. The number of rotatable bonds is 5. The minimum atomic E-state index is -4.42. The van der Waals surface area contributed by atoms with Crippen LogP contribution in [0, 0.1) is 0 Å². The molecule has 2 aromatic rings. The number of pyridine rings is 1. The number of halogens is 3. The highest BCUT2D eigenvalue weighted by Crippen LogP contribution is 2.27. The van der Waals surface area contributed by atoms with Crippen LogP contribution in [0.15, 0.2) is 30.7 Å². The molecule has 1 atom stereocenters. The molecule has 9 heteroatoms. The number of ether oxygens (including phenoxy) is 1. The predicted molar refractivity (Wildman–Crippen MR) is 73.8 cm³/mol. The van der Waals surface area contributed by atoms with Gasteiger partial charge in [0.15, 0.2) is 11.9 Å². The summed E-state index contributed by atoms with van der Waals surface area (Å²) < 4.78 is 42.8. The van der Waals surface area contributed by atoms with Crippen LogP contribution in [-0.4, -0.2) is 27.2 Å². The van der Waals surface area contributed by atoms with Crippen molar-refractivity contribution in [2.75, 3.05) is 5.43 Å². The summed E-state index contributed by atoms with van der Waals surface area (Å²) in [6.07, 6.45) is -2.22. The molecular weight excluding hydrogens is 299 g/mol. The summed E-state index contributed by atoms with van der Waals surface area (Å²) in [6, 6.07) is 2.92. The number of anilines is 1. The van der Waals surface area contributed by atoms with Gasteiger partial charge >= 0.3 is 6.18 Å². The molecule has 2 heterocycles. The molecule has 0 radical (unpaired) electrons. The molecule has 0 aliphatic heterocycles. The van der Waals surface area contributed by atoms with Crippen molar-refractivity contribution in [3.63, 3.8) is 0 Å². The van der Waals surface area contributed by atoms with E-state index in [0.29, 0.717) is 17.1 Å². The Balaban J connectivity index is 2.12. The molecule has 0 bridgehead atoms. The van der Waals surface area contributed by atoms with Crippen LogP contribution in [0.3, 0.4) is 0 Å². The van der Waals surface area contributed by atoms with E-state index in [9.17, 15) is 13.2 Å². The van der Waals surface area contributed by atoms with Gasteiger partial charge in [0.2, 0.25) is 5.88 Å². The fraction of sp³-hybridized carbons (Fsp3) is 0.308. The lowest BCUT2D eigenvalue weighted by Gasteiger charge is -2.19. The molecule has 0 saturated carbocycles. The molecule has 2 aromatic heterocycles. The SMILES string of the molecule is CCC(Oc1ccc(-c2cnc(NN)cn2)cn1)C(F)(F)F. The summed E-state index contributed by atoms with van der Waals surface area (Å²) in [6.45, 7) is 1.40. The molecular formula is C13H14F3N5O. The van der Waals surface area contributed by atoms with Gasteiger partial charge in [-0.1, -0.05) is 6.92 Å². The Morgan fingerprint density at radius 3 is 2.41 bits per heavy atom. The third kappa shape index (κ3) is 3.82. The molecule has 0 aromatic carbocycles. The number of aromatic nitrogens is 3. The average molecular weight is 313 g/mol. The minimum Gasteiger partial charge on any atom is -0.465 e. The molecule has 0 spiro atoms. The van der Waals surface area contributed by atoms with Crippen molar-refractivity contribution in [1.29, 1.82) is 0 Å². The van der Waals surface area contributed by atoms with Crippen LogP contribution in [0.4, 0.5) is 19.0 Å². The lowest BCUT2D eigenvalue weighted by atomic mass is 10.2. The van der Waals surface area contributed by atoms with E-state index in [1.165, 1.54) is 31.6 Å². The lowest BCUT2D eigenvalue weighted by molar-refractivity contribution is -0.196. The van der Waals surface area contributed by atoms with Gasteiger partial charge in [0, 0.05) is 17.8 Å². The van der Waals surface area contributed by atoms with E-state index in [2.05, 4.69) is 20.4 Å². The first-order valence-electron chi connectivity index (χ1n) is 6.42. The van der Waals surface area contributed by atoms with Crippen molar-refractivity contribution in [2.24, 2.45) is 5.84 Å². The fourth-order valence-corrected chi connectivity index (χ4v) is 1.68. The van der Waals surface area contributed by atoms with Crippen LogP contribution in [0.25, 0.3) is 11.3 Å². The Morgan fingerprint density at radius 2 is 1.95 bits per heavy atom. The highest BCUT2D eigenvalue weighted by molar-refractivity contribution is 5.57. The maximum Gasteiger partial charge on any atom is 0.425 e. The van der Waals surface area contributed by atoms with Crippen LogP contribution in [0.1, 0.15) is 13.3 Å². The molecule has 0 aliphatic rings. The first kappa shape index (κ1) is 16.0. The third-order valence-electron chi connectivity index (χ3n) is 2.83. The van der Waals surface area contributed by atoms with Gasteiger partial charge in [-0.2, -0.15) is 13.2 Å². The van der Waals surface area contributed by atoms with Gasteiger partial charge < -0.3 is 10.2 Å². The van der Waals surface area contributed by atoms with Crippen molar-refractivity contribution >= 4 is 5.82 Å². The molecule has 22 heavy (non-hydrogen) atoms. The molecule has 1 unspecified atom stereocenters. The minimum absolute atomic E-state index is 0.0962. The van der Waals surface area contributed by atoms with Crippen molar-refractivity contribution in [3.05, 3.63) is 30.7 Å². The predicted octanol–water partition coefficient (Wildman–Crippen LogP) is 2.54. The van der Waals surface area contributed by atoms with E-state index in [1.54, 1.807) is 6.07 Å². The van der Waals surface area contributed by atoms with Gasteiger partial charge in [-0.3, -0.25) is 4.98 Å². The van der Waals surface area contributed by atoms with Crippen molar-refractivity contribution in [2.45, 2.75) is 25.6 Å². The van der Waals surface area contributed by atoms with Crippen LogP contribution >= 0.6 is 0 Å². The second kappa shape index (κ2) is 6.56. The Morgan fingerprint density at radius 1 is 1.18 bits per heavy atom. The quantitative estimate of drug-likeness (QED) is 0.652. The zero-order valence-electron chi connectivity index (χ0n) is 11.6. The highest BCUT2D eigenvalue weighted by atomic mass is 19.4. The monoisotopic (exact) mass is 313 g/mol. The number of nitrogens with zero attached hydrogens (tertiary/aromatic N) is 3. The van der Waals surface area contributed by atoms with E-state index in [0.717, 1.165) is 0 Å². The van der Waals surface area contributed by atoms with Gasteiger partial charge in [0.05, 0.1) is 18.1 Å². The van der Waals surface area contributed by atoms with Crippen LogP contribution in [0.5, 0.6) is 5.88 Å². The molecule has 0 aliphatic carbocycles. The lowest BCUT2D eigenvalue weighted by Crippen LogP contribution is -2.33. The maximum atomic E-state index is 12.6. The number of hydrogen-bond donors (Lipinski definition) is 2. The smallest absolute Gasteiger partial charge is 0.425 e. The van der Waals surface area contributed by atoms with E-state index < -0.39 is 12.3 Å². The second-order valence-electron chi connectivity index (χ2n) is 4.37. The Bertz CT molecular complexity index is 601. The number of nitrogens with one attached hydrogen (secondary N) is 1. The van der Waals surface area contributed by atoms with Crippen molar-refractivity contribution < 1.29 is 17.9 Å². The van der Waals surface area contributed by atoms with Gasteiger partial charge in [-0.05, 0) is 12.5 Å². The zero-order valence-corrected chi connectivity index (χ0v) is 11.6. The molecule has 2 rings (SSSR count). The molecule has 3 N–H and O–H groups in total. The zero-order chi connectivity index (χ0) is 16.2. The van der Waals surface area contributed by atoms with Crippen LogP contribution in [-0.2, 0) is 0 Å². The third-order valence-corrected chi connectivity index (χ3v) is 2.83. The summed E-state index contributed by atoms with van der Waals surface area (Å²) >= 11 is 0. The number of hydrogen-bond acceptors (Lipinski definition) is 6. The number of nitrogens with two attached hydrogens (primary N) is 1. The van der Waals surface area contributed by atoms with Gasteiger partial charge in [-0.25, -0.2) is 15.8 Å². The molecule has 118 valence electrons.